The monoisotopic (exact) mass is 204 g/mol. The molecule has 10 heavy (non-hydrogen) atoms. The van der Waals surface area contributed by atoms with Crippen LogP contribution in [0, 0.1) is 6.92 Å². The lowest BCUT2D eigenvalue weighted by atomic mass is 10.4. The molecule has 0 aliphatic rings. The maximum Gasteiger partial charge on any atom is 0.236 e. The summed E-state index contributed by atoms with van der Waals surface area (Å²) < 4.78 is 6.07. The molecule has 0 amide bonds. The van der Waals surface area contributed by atoms with E-state index in [2.05, 4.69) is 26.1 Å². The van der Waals surface area contributed by atoms with Crippen molar-refractivity contribution < 1.29 is 4.74 Å². The fourth-order valence-corrected chi connectivity index (χ4v) is 0.897. The highest BCUT2D eigenvalue weighted by molar-refractivity contribution is 9.10. The highest BCUT2D eigenvalue weighted by Crippen LogP contribution is 2.21. The van der Waals surface area contributed by atoms with E-state index < -0.39 is 0 Å². The quantitative estimate of drug-likeness (QED) is 0.800. The summed E-state index contributed by atoms with van der Waals surface area (Å²) in [4.78, 5) is 0. The average Bonchev–Trinajstić information content (AvgIpc) is 2.20. The topological polar surface area (TPSA) is 37.9 Å². The third-order valence-electron chi connectivity index (χ3n) is 1.19. The van der Waals surface area contributed by atoms with E-state index in [9.17, 15) is 0 Å². The summed E-state index contributed by atoms with van der Waals surface area (Å²) >= 11 is 3.29. The largest absolute Gasteiger partial charge is 0.477 e. The van der Waals surface area contributed by atoms with Gasteiger partial charge in [0, 0.05) is 5.56 Å². The molecule has 0 aromatic carbocycles. The maximum atomic E-state index is 5.19. The molecule has 1 rings (SSSR count). The van der Waals surface area contributed by atoms with E-state index in [1.165, 1.54) is 0 Å². The number of hydrogen-bond acceptors (Lipinski definition) is 2. The molecule has 1 aromatic heterocycles. The van der Waals surface area contributed by atoms with Crippen LogP contribution >= 0.6 is 15.9 Å². The summed E-state index contributed by atoms with van der Waals surface area (Å²) in [5.74, 6) is 0.675. The number of nitrogens with one attached hydrogen (secondary N) is 1. The van der Waals surface area contributed by atoms with E-state index in [1.54, 1.807) is 0 Å². The fourth-order valence-electron chi connectivity index (χ4n) is 0.639. The lowest BCUT2D eigenvalue weighted by Crippen LogP contribution is -1.92. The molecule has 0 aliphatic carbocycles. The van der Waals surface area contributed by atoms with Gasteiger partial charge in [0.2, 0.25) is 5.88 Å². The van der Waals surface area contributed by atoms with Crippen LogP contribution in [0.4, 0.5) is 0 Å². The summed E-state index contributed by atoms with van der Waals surface area (Å²) in [6.07, 6.45) is 0. The lowest BCUT2D eigenvalue weighted by Gasteiger charge is -1.96. The first-order valence-electron chi connectivity index (χ1n) is 3.09. The predicted octanol–water partition coefficient (Wildman–Crippen LogP) is 1.88. The van der Waals surface area contributed by atoms with Crippen molar-refractivity contribution in [3.05, 3.63) is 10.2 Å². The van der Waals surface area contributed by atoms with Gasteiger partial charge in [-0.1, -0.05) is 0 Å². The van der Waals surface area contributed by atoms with Gasteiger partial charge >= 0.3 is 0 Å². The second-order valence-electron chi connectivity index (χ2n) is 1.90. The number of aromatic amines is 1. The van der Waals surface area contributed by atoms with Crippen LogP contribution in [-0.2, 0) is 0 Å². The Balaban J connectivity index is 2.83. The molecule has 0 radical (unpaired) electrons. The molecule has 0 fully saturated rings. The summed E-state index contributed by atoms with van der Waals surface area (Å²) in [5.41, 5.74) is 1.02. The molecule has 0 bridgehead atoms. The number of nitrogens with zero attached hydrogens (tertiary/aromatic N) is 1. The van der Waals surface area contributed by atoms with Crippen LogP contribution in [-0.4, -0.2) is 16.8 Å². The van der Waals surface area contributed by atoms with Crippen molar-refractivity contribution in [2.24, 2.45) is 0 Å². The van der Waals surface area contributed by atoms with Gasteiger partial charge in [0.25, 0.3) is 0 Å². The second kappa shape index (κ2) is 3.05. The normalized spacial score (nSPS) is 9.90. The van der Waals surface area contributed by atoms with Crippen molar-refractivity contribution in [3.63, 3.8) is 0 Å². The van der Waals surface area contributed by atoms with Gasteiger partial charge in [0.15, 0.2) is 0 Å². The van der Waals surface area contributed by atoms with Crippen molar-refractivity contribution in [1.29, 1.82) is 0 Å². The minimum atomic E-state index is 0.651. The molecule has 0 spiro atoms. The number of H-pyrrole nitrogens is 1. The van der Waals surface area contributed by atoms with Gasteiger partial charge in [-0.25, -0.2) is 0 Å². The van der Waals surface area contributed by atoms with E-state index in [0.717, 1.165) is 10.2 Å². The number of halogens is 1. The molecular formula is C6H9BrN2O. The number of aromatic nitrogens is 2. The zero-order valence-electron chi connectivity index (χ0n) is 5.94. The number of hydrogen-bond donors (Lipinski definition) is 1. The minimum absolute atomic E-state index is 0.651. The first kappa shape index (κ1) is 7.60. The van der Waals surface area contributed by atoms with Crippen molar-refractivity contribution in [2.45, 2.75) is 13.8 Å². The van der Waals surface area contributed by atoms with Crippen LogP contribution in [0.15, 0.2) is 4.60 Å². The zero-order valence-corrected chi connectivity index (χ0v) is 7.53. The molecule has 0 aliphatic heterocycles. The van der Waals surface area contributed by atoms with E-state index in [-0.39, 0.29) is 0 Å². The second-order valence-corrected chi connectivity index (χ2v) is 2.69. The molecule has 3 nitrogen and oxygen atoms in total. The first-order valence-corrected chi connectivity index (χ1v) is 3.88. The number of ether oxygens (including phenoxy) is 1. The van der Waals surface area contributed by atoms with Crippen LogP contribution in [0.1, 0.15) is 12.5 Å². The SMILES string of the molecule is CCOc1n[nH]c(Br)c1C. The average molecular weight is 205 g/mol. The van der Waals surface area contributed by atoms with Gasteiger partial charge in [-0.15, -0.1) is 5.10 Å². The Labute approximate surface area is 67.9 Å². The van der Waals surface area contributed by atoms with Crippen LogP contribution in [0.2, 0.25) is 0 Å². The Morgan fingerprint density at radius 1 is 1.70 bits per heavy atom. The standard InChI is InChI=1S/C6H9BrN2O/c1-3-10-6-4(2)5(7)8-9-6/h3H2,1-2H3,(H,8,9). The summed E-state index contributed by atoms with van der Waals surface area (Å²) in [6, 6.07) is 0. The van der Waals surface area contributed by atoms with Crippen molar-refractivity contribution in [3.8, 4) is 5.88 Å². The van der Waals surface area contributed by atoms with Crippen molar-refractivity contribution >= 4 is 15.9 Å². The fraction of sp³-hybridized carbons (Fsp3) is 0.500. The van der Waals surface area contributed by atoms with E-state index >= 15 is 0 Å². The Hall–Kier alpha value is -0.510. The molecule has 0 atom stereocenters. The third-order valence-corrected chi connectivity index (χ3v) is 1.96. The van der Waals surface area contributed by atoms with Gasteiger partial charge in [-0.05, 0) is 29.8 Å². The summed E-state index contributed by atoms with van der Waals surface area (Å²) in [7, 11) is 0. The lowest BCUT2D eigenvalue weighted by molar-refractivity contribution is 0.324. The molecule has 1 heterocycles. The third kappa shape index (κ3) is 1.31. The van der Waals surface area contributed by atoms with Gasteiger partial charge in [0.1, 0.15) is 4.60 Å². The Bertz CT molecular complexity index is 222. The van der Waals surface area contributed by atoms with Gasteiger partial charge in [-0.2, -0.15) is 0 Å². The summed E-state index contributed by atoms with van der Waals surface area (Å²) in [5, 5.41) is 6.67. The Kier molecular flexibility index (Phi) is 2.32. The minimum Gasteiger partial charge on any atom is -0.477 e. The molecule has 0 unspecified atom stereocenters. The molecule has 56 valence electrons. The Morgan fingerprint density at radius 2 is 2.40 bits per heavy atom. The van der Waals surface area contributed by atoms with E-state index in [4.69, 9.17) is 4.74 Å². The van der Waals surface area contributed by atoms with Gasteiger partial charge < -0.3 is 4.74 Å². The molecular weight excluding hydrogens is 196 g/mol. The van der Waals surface area contributed by atoms with E-state index in [1.807, 2.05) is 13.8 Å². The van der Waals surface area contributed by atoms with Crippen LogP contribution in [0.3, 0.4) is 0 Å². The highest BCUT2D eigenvalue weighted by Gasteiger charge is 2.05. The number of rotatable bonds is 2. The zero-order chi connectivity index (χ0) is 7.56. The van der Waals surface area contributed by atoms with E-state index in [0.29, 0.717) is 12.5 Å². The molecule has 1 N–H and O–H groups in total. The van der Waals surface area contributed by atoms with Crippen molar-refractivity contribution in [1.82, 2.24) is 10.2 Å². The smallest absolute Gasteiger partial charge is 0.236 e. The van der Waals surface area contributed by atoms with Crippen LogP contribution in [0.5, 0.6) is 5.88 Å². The van der Waals surface area contributed by atoms with Gasteiger partial charge in [-0.3, -0.25) is 5.10 Å². The highest BCUT2D eigenvalue weighted by atomic mass is 79.9. The van der Waals surface area contributed by atoms with Crippen molar-refractivity contribution in [2.75, 3.05) is 6.61 Å². The predicted molar refractivity (Wildman–Crippen MR) is 42.2 cm³/mol. The molecule has 1 aromatic rings. The summed E-state index contributed by atoms with van der Waals surface area (Å²) in [6.45, 7) is 4.53. The molecule has 0 saturated carbocycles. The maximum absolute atomic E-state index is 5.19. The Morgan fingerprint density at radius 3 is 2.80 bits per heavy atom. The molecule has 0 saturated heterocycles. The van der Waals surface area contributed by atoms with Crippen LogP contribution < -0.4 is 4.74 Å². The molecule has 4 heteroatoms. The van der Waals surface area contributed by atoms with Gasteiger partial charge in [0.05, 0.1) is 6.61 Å². The van der Waals surface area contributed by atoms with Crippen LogP contribution in [0.25, 0.3) is 0 Å². The first-order chi connectivity index (χ1) is 4.75.